The molecule has 8 heteroatoms. The minimum Gasteiger partial charge on any atom is -0.383 e. The lowest BCUT2D eigenvalue weighted by atomic mass is 9.96. The van der Waals surface area contributed by atoms with Crippen LogP contribution in [0.3, 0.4) is 0 Å². The van der Waals surface area contributed by atoms with Gasteiger partial charge in [0.05, 0.1) is 13.2 Å². The smallest absolute Gasteiger partial charge is 0.383 e. The van der Waals surface area contributed by atoms with Crippen molar-refractivity contribution in [2.24, 2.45) is 16.6 Å². The van der Waals surface area contributed by atoms with Crippen molar-refractivity contribution in [1.82, 2.24) is 0 Å². The third kappa shape index (κ3) is 11.1. The van der Waals surface area contributed by atoms with Crippen molar-refractivity contribution in [3.8, 4) is 0 Å². The summed E-state index contributed by atoms with van der Waals surface area (Å²) >= 11 is 0. The topological polar surface area (TPSA) is 116 Å². The highest BCUT2D eigenvalue weighted by atomic mass is 16.5. The second-order valence-corrected chi connectivity index (χ2v) is 11.5. The van der Waals surface area contributed by atoms with Crippen molar-refractivity contribution in [2.75, 3.05) is 7.05 Å². The van der Waals surface area contributed by atoms with E-state index in [2.05, 4.69) is 24.9 Å². The van der Waals surface area contributed by atoms with Gasteiger partial charge in [-0.05, 0) is 43.7 Å². The third-order valence-electron chi connectivity index (χ3n) is 8.02. The van der Waals surface area contributed by atoms with Gasteiger partial charge in [0.15, 0.2) is 11.6 Å². The number of amidine groups is 1. The number of allylic oxidation sites excluding steroid dienone is 2. The molecule has 2 N–H and O–H groups in total. The van der Waals surface area contributed by atoms with Gasteiger partial charge < -0.3 is 15.3 Å². The largest absolute Gasteiger partial charge is 0.451 e. The minimum absolute atomic E-state index is 0.0120. The summed E-state index contributed by atoms with van der Waals surface area (Å²) in [6.07, 6.45) is 11.4. The quantitative estimate of drug-likeness (QED) is 0.156. The number of rotatable bonds is 11. The maximum Gasteiger partial charge on any atom is 0.451 e. The number of hydrogen-bond donors (Lipinski definition) is 1. The van der Waals surface area contributed by atoms with Crippen LogP contribution in [0.25, 0.3) is 5.57 Å². The van der Waals surface area contributed by atoms with Crippen molar-refractivity contribution in [2.45, 2.75) is 91.9 Å². The van der Waals surface area contributed by atoms with Crippen molar-refractivity contribution in [3.05, 3.63) is 89.6 Å². The number of hydrogen-bond acceptors (Lipinski definition) is 6. The highest BCUT2D eigenvalue weighted by Crippen LogP contribution is 2.32. The Morgan fingerprint density at radius 3 is 2.22 bits per heavy atom. The van der Waals surface area contributed by atoms with Crippen LogP contribution < -0.4 is 5.73 Å². The molecule has 0 aromatic heterocycles. The molecule has 1 fully saturated rings. The van der Waals surface area contributed by atoms with Gasteiger partial charge in [0, 0.05) is 42.4 Å². The number of ketones is 2. The zero-order chi connectivity index (χ0) is 33.4. The maximum absolute atomic E-state index is 12.2. The Hall–Kier alpha value is -4.01. The molecule has 2 aliphatic rings. The lowest BCUT2D eigenvalue weighted by molar-refractivity contribution is -0.830. The van der Waals surface area contributed by atoms with Crippen molar-refractivity contribution in [1.29, 1.82) is 0 Å². The summed E-state index contributed by atoms with van der Waals surface area (Å²) in [5.41, 5.74) is 9.40. The molecule has 4 rings (SSSR count). The Labute approximate surface area is 268 Å². The van der Waals surface area contributed by atoms with E-state index in [4.69, 9.17) is 10.5 Å². The van der Waals surface area contributed by atoms with Gasteiger partial charge >= 0.3 is 6.03 Å². The highest BCUT2D eigenvalue weighted by Gasteiger charge is 2.45. The summed E-state index contributed by atoms with van der Waals surface area (Å²) in [5, 5.41) is 0. The lowest BCUT2D eigenvalue weighted by Gasteiger charge is -2.32. The van der Waals surface area contributed by atoms with Crippen LogP contribution in [0.2, 0.25) is 0 Å². The molecule has 0 spiro atoms. The van der Waals surface area contributed by atoms with Gasteiger partial charge in [-0.1, -0.05) is 88.4 Å². The Balaban J connectivity index is 0.000000286. The van der Waals surface area contributed by atoms with E-state index in [1.807, 2.05) is 75.4 Å². The van der Waals surface area contributed by atoms with Crippen LogP contribution in [0, 0.1) is 5.92 Å². The molecule has 242 valence electrons. The zero-order valence-electron chi connectivity index (χ0n) is 27.7. The molecule has 4 unspecified atom stereocenters. The first-order chi connectivity index (χ1) is 21.5. The van der Waals surface area contributed by atoms with E-state index in [1.54, 1.807) is 19.3 Å². The van der Waals surface area contributed by atoms with Crippen LogP contribution in [-0.2, 0) is 9.53 Å². The first-order valence-corrected chi connectivity index (χ1v) is 15.9. The number of nitrogens with zero attached hydrogens (tertiary/aromatic N) is 2. The number of aldehydes is 1. The molecule has 0 aliphatic carbocycles. The summed E-state index contributed by atoms with van der Waals surface area (Å²) in [6.45, 7) is 9.98. The van der Waals surface area contributed by atoms with Crippen molar-refractivity contribution < 1.29 is 28.4 Å². The number of quaternary nitrogens is 1. The van der Waals surface area contributed by atoms with Crippen LogP contribution in [0.5, 0.6) is 0 Å². The van der Waals surface area contributed by atoms with E-state index >= 15 is 0 Å². The molecule has 45 heavy (non-hydrogen) atoms. The summed E-state index contributed by atoms with van der Waals surface area (Å²) in [5.74, 6) is 0.812. The van der Waals surface area contributed by atoms with Crippen LogP contribution in [0.4, 0.5) is 4.79 Å². The summed E-state index contributed by atoms with van der Waals surface area (Å²) < 4.78 is 6.01. The Kier molecular flexibility index (Phi) is 15.5. The number of Topliss-reactive ketones (excluding diaryl/α,β-unsaturated/α-hetero) is 2. The number of urea groups is 1. The van der Waals surface area contributed by atoms with E-state index in [0.29, 0.717) is 19.3 Å². The fourth-order valence-corrected chi connectivity index (χ4v) is 4.90. The van der Waals surface area contributed by atoms with E-state index < -0.39 is 0 Å². The Morgan fingerprint density at radius 1 is 1.02 bits per heavy atom. The van der Waals surface area contributed by atoms with Gasteiger partial charge in [0.2, 0.25) is 6.23 Å². The number of aliphatic imine (C=N–C) groups is 1. The monoisotopic (exact) mass is 616 g/mol. The first kappa shape index (κ1) is 37.2. The van der Waals surface area contributed by atoms with Crippen LogP contribution in [0.1, 0.15) is 106 Å². The summed E-state index contributed by atoms with van der Waals surface area (Å²) in [4.78, 5) is 49.6. The van der Waals surface area contributed by atoms with Crippen molar-refractivity contribution in [3.63, 3.8) is 0 Å². The van der Waals surface area contributed by atoms with E-state index in [9.17, 15) is 19.2 Å². The molecule has 0 saturated carbocycles. The highest BCUT2D eigenvalue weighted by molar-refractivity contribution is 6.00. The Bertz CT molecular complexity index is 1380. The number of benzene rings is 2. The number of carbonyl (C=O) groups excluding carboxylic acids is 4. The summed E-state index contributed by atoms with van der Waals surface area (Å²) in [6, 6.07) is 16.8. The second kappa shape index (κ2) is 18.7. The fourth-order valence-electron chi connectivity index (χ4n) is 4.90. The molecular formula is C37H50N3O5+. The molecule has 2 heterocycles. The molecule has 4 atom stereocenters. The number of amides is 2. The zero-order valence-corrected chi connectivity index (χ0v) is 27.7. The van der Waals surface area contributed by atoms with Crippen LogP contribution in [-0.4, -0.2) is 53.6 Å². The molecule has 2 aromatic rings. The molecule has 8 nitrogen and oxygen atoms in total. The minimum atomic E-state index is -0.319. The van der Waals surface area contributed by atoms with E-state index in [1.165, 1.54) is 5.57 Å². The average molecular weight is 617 g/mol. The summed E-state index contributed by atoms with van der Waals surface area (Å²) in [7, 11) is 1.77. The number of carbonyl (C=O) groups is 4. The molecule has 2 aromatic carbocycles. The predicted octanol–water partition coefficient (Wildman–Crippen LogP) is 7.93. The van der Waals surface area contributed by atoms with E-state index in [-0.39, 0.29) is 46.2 Å². The number of ether oxygens (including phenoxy) is 1. The maximum atomic E-state index is 12.2. The molecule has 0 bridgehead atoms. The molecule has 2 aliphatic heterocycles. The van der Waals surface area contributed by atoms with Gasteiger partial charge in [-0.3, -0.25) is 9.59 Å². The van der Waals surface area contributed by atoms with Gasteiger partial charge in [0.25, 0.3) is 0 Å². The Morgan fingerprint density at radius 2 is 1.67 bits per heavy atom. The second-order valence-electron chi connectivity index (χ2n) is 11.5. The van der Waals surface area contributed by atoms with Gasteiger partial charge in [-0.25, -0.2) is 4.79 Å². The van der Waals surface area contributed by atoms with Gasteiger partial charge in [-0.2, -0.15) is 4.48 Å². The molecule has 0 radical (unpaired) electrons. The standard InChI is InChI=1S/C18H21N3O3.C14H18O.C5H10O/c1-21(12-11-16(19)20-18(21)23)17-10-8-14(24-17)7-9-15(22)13-5-3-2-4-6-13;1-4-8-11(3)12-9-6-7-10-13(12)14(15)5-2;1-3-5(2)4-6/h2-6,11-12,14,17H,7-10H2,1H3,(H-,19,20,23);6-10H,4-5H2,1-3H3;4-5H,3H2,1-2H3/p+1/b;11-8+;. The molecular weight excluding hydrogens is 566 g/mol. The van der Waals surface area contributed by atoms with Crippen LogP contribution in [0.15, 0.2) is 77.9 Å². The van der Waals surface area contributed by atoms with E-state index in [0.717, 1.165) is 48.7 Å². The molecule has 1 saturated heterocycles. The normalized spacial score (nSPS) is 21.4. The fraction of sp³-hybridized carbons (Fsp3) is 0.432. The predicted molar refractivity (Wildman–Crippen MR) is 181 cm³/mol. The lowest BCUT2D eigenvalue weighted by Crippen LogP contribution is -2.53. The third-order valence-corrected chi connectivity index (χ3v) is 8.02. The average Bonchev–Trinajstić information content (AvgIpc) is 3.56. The number of nitrogens with two attached hydrogens (primary N) is 1. The van der Waals surface area contributed by atoms with Crippen LogP contribution >= 0.6 is 0 Å². The van der Waals surface area contributed by atoms with Gasteiger partial charge in [-0.15, -0.1) is 4.99 Å². The SMILES string of the molecule is CC/C=C(\C)c1ccccc1C(=O)CC.CCC(C)C=O.C[N+]1(C2CCC(CCC(=O)c3ccccc3)O2)C=CC(N)=NC1=O. The van der Waals surface area contributed by atoms with Crippen molar-refractivity contribution >= 4 is 35.3 Å². The first-order valence-electron chi connectivity index (χ1n) is 15.9. The molecule has 2 amide bonds. The van der Waals surface area contributed by atoms with Gasteiger partial charge in [0.1, 0.15) is 18.3 Å².